The van der Waals surface area contributed by atoms with Crippen molar-refractivity contribution in [3.05, 3.63) is 18.2 Å². The van der Waals surface area contributed by atoms with E-state index in [2.05, 4.69) is 22.7 Å². The zero-order valence-corrected chi connectivity index (χ0v) is 10.2. The van der Waals surface area contributed by atoms with Crippen LogP contribution in [0.4, 0.5) is 0 Å². The smallest absolute Gasteiger partial charge is 0.108 e. The Morgan fingerprint density at radius 3 is 2.81 bits per heavy atom. The molecule has 2 unspecified atom stereocenters. The summed E-state index contributed by atoms with van der Waals surface area (Å²) >= 11 is 0. The van der Waals surface area contributed by atoms with E-state index in [1.165, 1.54) is 31.5 Å². The second kappa shape index (κ2) is 5.48. The third kappa shape index (κ3) is 2.46. The van der Waals surface area contributed by atoms with Crippen LogP contribution in [-0.2, 0) is 13.0 Å². The maximum absolute atomic E-state index is 5.87. The molecule has 1 fully saturated rings. The van der Waals surface area contributed by atoms with Crippen molar-refractivity contribution in [2.45, 2.75) is 45.6 Å². The molecule has 3 nitrogen and oxygen atoms in total. The third-order valence-electron chi connectivity index (χ3n) is 3.96. The molecule has 0 spiro atoms. The van der Waals surface area contributed by atoms with Gasteiger partial charge in [-0.2, -0.15) is 0 Å². The molecular weight excluding hydrogens is 198 g/mol. The number of aryl methyl sites for hydroxylation is 1. The van der Waals surface area contributed by atoms with Gasteiger partial charge < -0.3 is 10.3 Å². The minimum Gasteiger partial charge on any atom is -0.335 e. The standard InChI is InChI=1S/C13H23N3/c1-2-16-8-7-15-13(16)9-11-5-3-4-6-12(11)10-14/h7-8,11-12H,2-6,9-10,14H2,1H3. The molecule has 1 saturated carbocycles. The topological polar surface area (TPSA) is 43.8 Å². The molecule has 1 heterocycles. The lowest BCUT2D eigenvalue weighted by Crippen LogP contribution is -2.29. The van der Waals surface area contributed by atoms with Crippen molar-refractivity contribution < 1.29 is 0 Å². The first-order valence-electron chi connectivity index (χ1n) is 6.55. The number of hydrogen-bond acceptors (Lipinski definition) is 2. The Morgan fingerprint density at radius 2 is 2.12 bits per heavy atom. The van der Waals surface area contributed by atoms with Gasteiger partial charge in [0.15, 0.2) is 0 Å². The maximum atomic E-state index is 5.87. The Bertz CT molecular complexity index is 319. The van der Waals surface area contributed by atoms with Gasteiger partial charge in [0.25, 0.3) is 0 Å². The van der Waals surface area contributed by atoms with Crippen LogP contribution in [-0.4, -0.2) is 16.1 Å². The van der Waals surface area contributed by atoms with Gasteiger partial charge in [-0.1, -0.05) is 12.8 Å². The first kappa shape index (κ1) is 11.6. The van der Waals surface area contributed by atoms with E-state index < -0.39 is 0 Å². The van der Waals surface area contributed by atoms with Gasteiger partial charge in [-0.15, -0.1) is 0 Å². The summed E-state index contributed by atoms with van der Waals surface area (Å²) < 4.78 is 2.25. The highest BCUT2D eigenvalue weighted by molar-refractivity contribution is 4.95. The van der Waals surface area contributed by atoms with Crippen molar-refractivity contribution in [3.63, 3.8) is 0 Å². The second-order valence-electron chi connectivity index (χ2n) is 4.87. The highest BCUT2D eigenvalue weighted by Crippen LogP contribution is 2.31. The Labute approximate surface area is 98.1 Å². The molecule has 2 N–H and O–H groups in total. The predicted octanol–water partition coefficient (Wildman–Crippen LogP) is 2.21. The minimum absolute atomic E-state index is 0.718. The molecule has 0 bridgehead atoms. The summed E-state index contributed by atoms with van der Waals surface area (Å²) in [5.41, 5.74) is 5.87. The second-order valence-corrected chi connectivity index (χ2v) is 4.87. The molecule has 0 saturated heterocycles. The van der Waals surface area contributed by atoms with Gasteiger partial charge >= 0.3 is 0 Å². The molecule has 2 atom stereocenters. The Morgan fingerprint density at radius 1 is 1.38 bits per heavy atom. The van der Waals surface area contributed by atoms with E-state index in [0.717, 1.165) is 31.3 Å². The zero-order chi connectivity index (χ0) is 11.4. The van der Waals surface area contributed by atoms with Crippen molar-refractivity contribution in [1.82, 2.24) is 9.55 Å². The molecule has 90 valence electrons. The molecule has 1 aliphatic carbocycles. The molecule has 16 heavy (non-hydrogen) atoms. The Hall–Kier alpha value is -0.830. The highest BCUT2D eigenvalue weighted by Gasteiger charge is 2.25. The van der Waals surface area contributed by atoms with Gasteiger partial charge in [-0.05, 0) is 38.1 Å². The van der Waals surface area contributed by atoms with Gasteiger partial charge in [0.1, 0.15) is 5.82 Å². The molecular formula is C13H23N3. The Kier molecular flexibility index (Phi) is 3.99. The quantitative estimate of drug-likeness (QED) is 0.847. The van der Waals surface area contributed by atoms with Crippen molar-refractivity contribution in [2.24, 2.45) is 17.6 Å². The number of imidazole rings is 1. The average Bonchev–Trinajstić information content (AvgIpc) is 2.77. The first-order valence-corrected chi connectivity index (χ1v) is 6.55. The SMILES string of the molecule is CCn1ccnc1CC1CCCCC1CN. The fourth-order valence-corrected chi connectivity index (χ4v) is 2.92. The number of aromatic nitrogens is 2. The van der Waals surface area contributed by atoms with Gasteiger partial charge in [0.05, 0.1) is 0 Å². The number of rotatable bonds is 4. The number of nitrogens with zero attached hydrogens (tertiary/aromatic N) is 2. The largest absolute Gasteiger partial charge is 0.335 e. The van der Waals surface area contributed by atoms with Crippen LogP contribution in [0.5, 0.6) is 0 Å². The summed E-state index contributed by atoms with van der Waals surface area (Å²) in [4.78, 5) is 4.47. The lowest BCUT2D eigenvalue weighted by Gasteiger charge is -2.30. The van der Waals surface area contributed by atoms with E-state index in [9.17, 15) is 0 Å². The van der Waals surface area contributed by atoms with E-state index in [-0.39, 0.29) is 0 Å². The summed E-state index contributed by atoms with van der Waals surface area (Å²) in [6.45, 7) is 4.04. The summed E-state index contributed by atoms with van der Waals surface area (Å²) in [6, 6.07) is 0. The molecule has 0 aliphatic heterocycles. The number of hydrogen-bond donors (Lipinski definition) is 1. The average molecular weight is 221 g/mol. The van der Waals surface area contributed by atoms with E-state index in [1.54, 1.807) is 0 Å². The number of nitrogens with two attached hydrogens (primary N) is 1. The lowest BCUT2D eigenvalue weighted by molar-refractivity contribution is 0.237. The van der Waals surface area contributed by atoms with Crippen molar-refractivity contribution in [3.8, 4) is 0 Å². The van der Waals surface area contributed by atoms with Crippen molar-refractivity contribution >= 4 is 0 Å². The van der Waals surface area contributed by atoms with E-state index in [1.807, 2.05) is 6.20 Å². The maximum Gasteiger partial charge on any atom is 0.108 e. The van der Waals surface area contributed by atoms with Crippen LogP contribution in [0.15, 0.2) is 12.4 Å². The molecule has 1 aliphatic rings. The molecule has 3 heteroatoms. The van der Waals surface area contributed by atoms with Gasteiger partial charge in [-0.25, -0.2) is 4.98 Å². The van der Waals surface area contributed by atoms with Crippen molar-refractivity contribution in [1.29, 1.82) is 0 Å². The molecule has 0 radical (unpaired) electrons. The fourth-order valence-electron chi connectivity index (χ4n) is 2.92. The van der Waals surface area contributed by atoms with Crippen LogP contribution in [0.1, 0.15) is 38.4 Å². The van der Waals surface area contributed by atoms with Crippen LogP contribution in [0.25, 0.3) is 0 Å². The molecule has 2 rings (SSSR count). The van der Waals surface area contributed by atoms with Crippen LogP contribution in [0.3, 0.4) is 0 Å². The van der Waals surface area contributed by atoms with E-state index >= 15 is 0 Å². The van der Waals surface area contributed by atoms with Crippen LogP contribution in [0.2, 0.25) is 0 Å². The van der Waals surface area contributed by atoms with Crippen LogP contribution in [0, 0.1) is 11.8 Å². The summed E-state index contributed by atoms with van der Waals surface area (Å²) in [5, 5.41) is 0. The monoisotopic (exact) mass is 221 g/mol. The van der Waals surface area contributed by atoms with Crippen LogP contribution < -0.4 is 5.73 Å². The molecule has 0 amide bonds. The third-order valence-corrected chi connectivity index (χ3v) is 3.96. The van der Waals surface area contributed by atoms with E-state index in [4.69, 9.17) is 5.73 Å². The van der Waals surface area contributed by atoms with Gasteiger partial charge in [-0.3, -0.25) is 0 Å². The summed E-state index contributed by atoms with van der Waals surface area (Å²) in [5.74, 6) is 2.72. The minimum atomic E-state index is 0.718. The van der Waals surface area contributed by atoms with Gasteiger partial charge in [0, 0.05) is 25.4 Å². The van der Waals surface area contributed by atoms with Gasteiger partial charge in [0.2, 0.25) is 0 Å². The van der Waals surface area contributed by atoms with E-state index in [0.29, 0.717) is 0 Å². The Balaban J connectivity index is 2.02. The summed E-state index contributed by atoms with van der Waals surface area (Å²) in [6.07, 6.45) is 10.5. The lowest BCUT2D eigenvalue weighted by atomic mass is 9.77. The van der Waals surface area contributed by atoms with Crippen LogP contribution >= 0.6 is 0 Å². The molecule has 1 aromatic heterocycles. The first-order chi connectivity index (χ1) is 7.85. The zero-order valence-electron chi connectivity index (χ0n) is 10.2. The fraction of sp³-hybridized carbons (Fsp3) is 0.769. The summed E-state index contributed by atoms with van der Waals surface area (Å²) in [7, 11) is 0. The van der Waals surface area contributed by atoms with Crippen molar-refractivity contribution in [2.75, 3.05) is 6.54 Å². The molecule has 1 aromatic rings. The normalized spacial score (nSPS) is 25.9. The molecule has 0 aromatic carbocycles. The predicted molar refractivity (Wildman–Crippen MR) is 66.1 cm³/mol. The highest BCUT2D eigenvalue weighted by atomic mass is 15.0.